The predicted octanol–water partition coefficient (Wildman–Crippen LogP) is 5.00. The lowest BCUT2D eigenvalue weighted by molar-refractivity contribution is 0.590. The molecule has 1 nitrogen and oxygen atoms in total. The number of rotatable bonds is 2. The molecule has 0 radical (unpaired) electrons. The van der Waals surface area contributed by atoms with E-state index in [0.29, 0.717) is 0 Å². The summed E-state index contributed by atoms with van der Waals surface area (Å²) in [6.07, 6.45) is 0. The Morgan fingerprint density at radius 1 is 0.895 bits per heavy atom. The second-order valence-corrected chi connectivity index (χ2v) is 6.11. The van der Waals surface area contributed by atoms with Crippen LogP contribution >= 0.6 is 0 Å². The quantitative estimate of drug-likeness (QED) is 0.794. The van der Waals surface area contributed by atoms with Crippen LogP contribution in [0.2, 0.25) is 0 Å². The Labute approximate surface area is 116 Å². The van der Waals surface area contributed by atoms with E-state index in [1.165, 1.54) is 22.3 Å². The van der Waals surface area contributed by atoms with Gasteiger partial charge in [-0.3, -0.25) is 0 Å². The first-order chi connectivity index (χ1) is 8.91. The Kier molecular flexibility index (Phi) is 3.66. The summed E-state index contributed by atoms with van der Waals surface area (Å²) in [5, 5.41) is 3.16. The first-order valence-corrected chi connectivity index (χ1v) is 6.81. The van der Waals surface area contributed by atoms with Crippen molar-refractivity contribution in [3.05, 3.63) is 53.6 Å². The summed E-state index contributed by atoms with van der Waals surface area (Å²) in [5.74, 6) is 0. The molecule has 1 heteroatoms. The summed E-state index contributed by atoms with van der Waals surface area (Å²) < 4.78 is 0. The Hall–Kier alpha value is -1.76. The summed E-state index contributed by atoms with van der Waals surface area (Å²) in [6, 6.07) is 15.4. The van der Waals surface area contributed by atoms with Gasteiger partial charge >= 0.3 is 0 Å². The lowest BCUT2D eigenvalue weighted by Gasteiger charge is -2.21. The first kappa shape index (κ1) is 13.7. The maximum absolute atomic E-state index is 3.16. The molecule has 1 N–H and O–H groups in total. The van der Waals surface area contributed by atoms with E-state index in [9.17, 15) is 0 Å². The van der Waals surface area contributed by atoms with Gasteiger partial charge in [-0.05, 0) is 46.7 Å². The van der Waals surface area contributed by atoms with E-state index in [0.717, 1.165) is 5.69 Å². The van der Waals surface area contributed by atoms with Crippen molar-refractivity contribution >= 4 is 5.69 Å². The van der Waals surface area contributed by atoms with Crippen LogP contribution in [-0.2, 0) is 5.41 Å². The van der Waals surface area contributed by atoms with E-state index < -0.39 is 0 Å². The van der Waals surface area contributed by atoms with Crippen LogP contribution in [0, 0.1) is 6.92 Å². The molecule has 0 aliphatic heterocycles. The summed E-state index contributed by atoms with van der Waals surface area (Å²) in [7, 11) is 1.94. The zero-order valence-corrected chi connectivity index (χ0v) is 12.5. The molecular formula is C18H23N. The summed E-state index contributed by atoms with van der Waals surface area (Å²) >= 11 is 0. The van der Waals surface area contributed by atoms with Crippen LogP contribution in [0.1, 0.15) is 31.9 Å². The molecule has 0 unspecified atom stereocenters. The van der Waals surface area contributed by atoms with Crippen molar-refractivity contribution in [3.8, 4) is 11.1 Å². The monoisotopic (exact) mass is 253 g/mol. The third-order valence-corrected chi connectivity index (χ3v) is 3.59. The lowest BCUT2D eigenvalue weighted by Crippen LogP contribution is -2.11. The molecule has 0 aliphatic rings. The van der Waals surface area contributed by atoms with Gasteiger partial charge in [-0.2, -0.15) is 0 Å². The second-order valence-electron chi connectivity index (χ2n) is 6.11. The molecule has 0 amide bonds. The zero-order chi connectivity index (χ0) is 14.0. The zero-order valence-electron chi connectivity index (χ0n) is 12.5. The molecule has 0 aromatic heterocycles. The van der Waals surface area contributed by atoms with Crippen molar-refractivity contribution in [2.24, 2.45) is 0 Å². The molecular weight excluding hydrogens is 230 g/mol. The van der Waals surface area contributed by atoms with Gasteiger partial charge in [0.15, 0.2) is 0 Å². The third kappa shape index (κ3) is 2.98. The van der Waals surface area contributed by atoms with Gasteiger partial charge in [0.1, 0.15) is 0 Å². The molecule has 0 atom stereocenters. The number of benzene rings is 2. The largest absolute Gasteiger partial charge is 0.388 e. The summed E-state index contributed by atoms with van der Waals surface area (Å²) in [6.45, 7) is 8.94. The van der Waals surface area contributed by atoms with Crippen molar-refractivity contribution in [1.29, 1.82) is 0 Å². The smallest absolute Gasteiger partial charge is 0.0337 e. The number of hydrogen-bond donors (Lipinski definition) is 1. The lowest BCUT2D eigenvalue weighted by atomic mass is 9.84. The predicted molar refractivity (Wildman–Crippen MR) is 84.9 cm³/mol. The molecule has 0 fully saturated rings. The number of aryl methyl sites for hydroxylation is 1. The van der Waals surface area contributed by atoms with Crippen LogP contribution in [0.4, 0.5) is 5.69 Å². The Morgan fingerprint density at radius 2 is 1.53 bits per heavy atom. The van der Waals surface area contributed by atoms with Crippen LogP contribution in [-0.4, -0.2) is 7.05 Å². The summed E-state index contributed by atoms with van der Waals surface area (Å²) in [5.41, 5.74) is 6.65. The first-order valence-electron chi connectivity index (χ1n) is 6.81. The van der Waals surface area contributed by atoms with Crippen molar-refractivity contribution < 1.29 is 0 Å². The normalized spacial score (nSPS) is 11.4. The van der Waals surface area contributed by atoms with Crippen LogP contribution < -0.4 is 5.32 Å². The van der Waals surface area contributed by atoms with Gasteiger partial charge in [0.2, 0.25) is 0 Å². The van der Waals surface area contributed by atoms with Crippen LogP contribution in [0.25, 0.3) is 11.1 Å². The van der Waals surface area contributed by atoms with Crippen molar-refractivity contribution in [2.75, 3.05) is 12.4 Å². The van der Waals surface area contributed by atoms with E-state index in [1.807, 2.05) is 7.05 Å². The highest BCUT2D eigenvalue weighted by Crippen LogP contribution is 2.30. The number of hydrogen-bond acceptors (Lipinski definition) is 1. The molecule has 2 aromatic carbocycles. The fraction of sp³-hybridized carbons (Fsp3) is 0.333. The van der Waals surface area contributed by atoms with Gasteiger partial charge in [-0.15, -0.1) is 0 Å². The van der Waals surface area contributed by atoms with E-state index >= 15 is 0 Å². The molecule has 0 bridgehead atoms. The molecule has 100 valence electrons. The summed E-state index contributed by atoms with van der Waals surface area (Å²) in [4.78, 5) is 0. The second kappa shape index (κ2) is 5.08. The molecule has 0 saturated carbocycles. The van der Waals surface area contributed by atoms with Gasteiger partial charge < -0.3 is 5.32 Å². The molecule has 2 aromatic rings. The highest BCUT2D eigenvalue weighted by molar-refractivity contribution is 5.70. The topological polar surface area (TPSA) is 12.0 Å². The Balaban J connectivity index is 2.48. The van der Waals surface area contributed by atoms with E-state index in [1.54, 1.807) is 0 Å². The van der Waals surface area contributed by atoms with E-state index in [-0.39, 0.29) is 5.41 Å². The molecule has 0 heterocycles. The fourth-order valence-electron chi connectivity index (χ4n) is 2.22. The van der Waals surface area contributed by atoms with Crippen molar-refractivity contribution in [1.82, 2.24) is 0 Å². The standard InChI is InChI=1S/C18H23N/c1-13-6-9-15(18(2,3)4)12-17(13)14-7-10-16(19-5)11-8-14/h6-12,19H,1-5H3. The molecule has 0 saturated heterocycles. The van der Waals surface area contributed by atoms with Crippen LogP contribution in [0.5, 0.6) is 0 Å². The maximum Gasteiger partial charge on any atom is 0.0337 e. The minimum absolute atomic E-state index is 0.188. The maximum atomic E-state index is 3.16. The number of anilines is 1. The van der Waals surface area contributed by atoms with Crippen LogP contribution in [0.3, 0.4) is 0 Å². The minimum Gasteiger partial charge on any atom is -0.388 e. The van der Waals surface area contributed by atoms with Gasteiger partial charge in [0, 0.05) is 12.7 Å². The Bertz CT molecular complexity index is 559. The Morgan fingerprint density at radius 3 is 2.05 bits per heavy atom. The highest BCUT2D eigenvalue weighted by atomic mass is 14.8. The van der Waals surface area contributed by atoms with Gasteiger partial charge in [0.05, 0.1) is 0 Å². The third-order valence-electron chi connectivity index (χ3n) is 3.59. The molecule has 0 spiro atoms. The van der Waals surface area contributed by atoms with Gasteiger partial charge in [0.25, 0.3) is 0 Å². The van der Waals surface area contributed by atoms with Gasteiger partial charge in [-0.1, -0.05) is 51.1 Å². The van der Waals surface area contributed by atoms with E-state index in [4.69, 9.17) is 0 Å². The molecule has 2 rings (SSSR count). The average Bonchev–Trinajstić information content (AvgIpc) is 2.38. The number of nitrogens with one attached hydrogen (secondary N) is 1. The highest BCUT2D eigenvalue weighted by Gasteiger charge is 2.15. The fourth-order valence-corrected chi connectivity index (χ4v) is 2.22. The molecule has 19 heavy (non-hydrogen) atoms. The van der Waals surface area contributed by atoms with Crippen molar-refractivity contribution in [3.63, 3.8) is 0 Å². The van der Waals surface area contributed by atoms with Gasteiger partial charge in [-0.25, -0.2) is 0 Å². The van der Waals surface area contributed by atoms with Crippen molar-refractivity contribution in [2.45, 2.75) is 33.1 Å². The van der Waals surface area contributed by atoms with E-state index in [2.05, 4.69) is 75.5 Å². The van der Waals surface area contributed by atoms with Crippen LogP contribution in [0.15, 0.2) is 42.5 Å². The minimum atomic E-state index is 0.188. The average molecular weight is 253 g/mol. The SMILES string of the molecule is CNc1ccc(-c2cc(C(C)(C)C)ccc2C)cc1. The molecule has 0 aliphatic carbocycles.